The summed E-state index contributed by atoms with van der Waals surface area (Å²) in [5.41, 5.74) is 8.95. The fourth-order valence-electron chi connectivity index (χ4n) is 2.00. The summed E-state index contributed by atoms with van der Waals surface area (Å²) in [6, 6.07) is 3.97. The molecule has 2 rings (SSSR count). The Balaban J connectivity index is 1.97. The monoisotopic (exact) mass is 285 g/mol. The zero-order valence-corrected chi connectivity index (χ0v) is 12.3. The third kappa shape index (κ3) is 3.75. The molecule has 6 nitrogen and oxygen atoms in total. The smallest absolute Gasteiger partial charge is 0.244 e. The summed E-state index contributed by atoms with van der Waals surface area (Å²) in [7, 11) is 0. The lowest BCUT2D eigenvalue weighted by molar-refractivity contribution is 0.294. The average molecular weight is 285 g/mol. The van der Waals surface area contributed by atoms with Gasteiger partial charge >= 0.3 is 0 Å². The number of hydrogen-bond donors (Lipinski definition) is 2. The van der Waals surface area contributed by atoms with Crippen LogP contribution in [0.25, 0.3) is 0 Å². The van der Waals surface area contributed by atoms with Crippen molar-refractivity contribution in [2.75, 3.05) is 6.61 Å². The molecule has 0 saturated carbocycles. The number of ether oxygens (including phenoxy) is 1. The molecule has 0 unspecified atom stereocenters. The minimum absolute atomic E-state index is 0.0466. The summed E-state index contributed by atoms with van der Waals surface area (Å²) in [5, 5.41) is 15.7. The van der Waals surface area contributed by atoms with Gasteiger partial charge in [-0.15, -0.1) is 5.10 Å². The van der Waals surface area contributed by atoms with Crippen LogP contribution in [0.4, 0.5) is 0 Å². The summed E-state index contributed by atoms with van der Waals surface area (Å²) in [6.45, 7) is 4.20. The first-order chi connectivity index (χ1) is 10.1. The van der Waals surface area contributed by atoms with Gasteiger partial charge in [0.1, 0.15) is 5.84 Å². The van der Waals surface area contributed by atoms with E-state index in [4.69, 9.17) is 15.9 Å². The molecule has 0 aliphatic carbocycles. The highest BCUT2D eigenvalue weighted by Gasteiger charge is 2.14. The number of hydrogen-bond acceptors (Lipinski definition) is 5. The van der Waals surface area contributed by atoms with Gasteiger partial charge in [-0.1, -0.05) is 0 Å². The maximum Gasteiger partial charge on any atom is 0.244 e. The molecule has 0 aromatic carbocycles. The van der Waals surface area contributed by atoms with Gasteiger partial charge in [0, 0.05) is 12.4 Å². The van der Waals surface area contributed by atoms with E-state index in [1.165, 1.54) is 5.56 Å². The van der Waals surface area contributed by atoms with E-state index in [1.54, 1.807) is 12.4 Å². The van der Waals surface area contributed by atoms with Gasteiger partial charge in [0.2, 0.25) is 5.88 Å². The van der Waals surface area contributed by atoms with Crippen molar-refractivity contribution in [2.24, 2.45) is 5.73 Å². The van der Waals surface area contributed by atoms with Crippen LogP contribution in [0.3, 0.4) is 0 Å². The van der Waals surface area contributed by atoms with E-state index < -0.39 is 0 Å². The number of nitrogens with one attached hydrogen (secondary N) is 1. The Morgan fingerprint density at radius 1 is 1.24 bits per heavy atom. The van der Waals surface area contributed by atoms with Crippen LogP contribution in [0, 0.1) is 19.3 Å². The average Bonchev–Trinajstić information content (AvgIpc) is 2.48. The summed E-state index contributed by atoms with van der Waals surface area (Å²) in [5.74, 6) is 0.287. The lowest BCUT2D eigenvalue weighted by Gasteiger charge is -2.12. The highest BCUT2D eigenvalue weighted by Crippen LogP contribution is 2.20. The second-order valence-electron chi connectivity index (χ2n) is 4.81. The third-order valence-electron chi connectivity index (χ3n) is 3.29. The molecule has 21 heavy (non-hydrogen) atoms. The number of nitrogens with two attached hydrogens (primary N) is 1. The predicted octanol–water partition coefficient (Wildman–Crippen LogP) is 1.78. The Labute approximate surface area is 123 Å². The van der Waals surface area contributed by atoms with Gasteiger partial charge in [0.25, 0.3) is 0 Å². The molecular weight excluding hydrogens is 266 g/mol. The van der Waals surface area contributed by atoms with Crippen LogP contribution < -0.4 is 10.5 Å². The third-order valence-corrected chi connectivity index (χ3v) is 3.29. The van der Waals surface area contributed by atoms with Crippen LogP contribution in [-0.4, -0.2) is 27.6 Å². The lowest BCUT2D eigenvalue weighted by atomic mass is 10.1. The minimum atomic E-state index is -0.0466. The van der Waals surface area contributed by atoms with Crippen molar-refractivity contribution in [3.8, 4) is 5.88 Å². The molecule has 110 valence electrons. The predicted molar refractivity (Wildman–Crippen MR) is 80.6 cm³/mol. The summed E-state index contributed by atoms with van der Waals surface area (Å²) < 4.78 is 5.65. The van der Waals surface area contributed by atoms with E-state index in [0.717, 1.165) is 24.1 Å². The zero-order chi connectivity index (χ0) is 15.2. The molecule has 0 aliphatic heterocycles. The van der Waals surface area contributed by atoms with Gasteiger partial charge in [-0.25, -0.2) is 0 Å². The van der Waals surface area contributed by atoms with Crippen molar-refractivity contribution in [3.05, 3.63) is 46.9 Å². The highest BCUT2D eigenvalue weighted by molar-refractivity contribution is 5.98. The van der Waals surface area contributed by atoms with Crippen molar-refractivity contribution in [2.45, 2.75) is 26.7 Å². The number of rotatable bonds is 6. The van der Waals surface area contributed by atoms with Crippen LogP contribution in [0.2, 0.25) is 0 Å². The maximum absolute atomic E-state index is 7.65. The molecule has 0 atom stereocenters. The van der Waals surface area contributed by atoms with E-state index in [-0.39, 0.29) is 5.84 Å². The fraction of sp³-hybridized carbons (Fsp3) is 0.333. The van der Waals surface area contributed by atoms with E-state index in [1.807, 2.05) is 26.0 Å². The van der Waals surface area contributed by atoms with Gasteiger partial charge in [-0.3, -0.25) is 10.4 Å². The van der Waals surface area contributed by atoms with Crippen molar-refractivity contribution in [1.82, 2.24) is 15.2 Å². The molecule has 3 N–H and O–H groups in total. The highest BCUT2D eigenvalue weighted by atomic mass is 16.5. The Morgan fingerprint density at radius 2 is 1.95 bits per heavy atom. The number of pyridine rings is 1. The van der Waals surface area contributed by atoms with E-state index in [0.29, 0.717) is 18.1 Å². The van der Waals surface area contributed by atoms with Gasteiger partial charge in [-0.2, -0.15) is 5.10 Å². The summed E-state index contributed by atoms with van der Waals surface area (Å²) >= 11 is 0. The molecule has 0 radical (unpaired) electrons. The Morgan fingerprint density at radius 3 is 2.62 bits per heavy atom. The van der Waals surface area contributed by atoms with E-state index >= 15 is 0 Å². The first-order valence-electron chi connectivity index (χ1n) is 6.79. The molecular formula is C15H19N5O. The standard InChI is InChI=1S/C15H19N5O/c1-10-11(2)19-20-15(13(10)14(16)17)21-9-3-4-12-5-7-18-8-6-12/h5-8H,3-4,9H2,1-2H3,(H3,16,17). The first kappa shape index (κ1) is 14.9. The SMILES string of the molecule is Cc1nnc(OCCCc2ccncc2)c(C(=N)N)c1C. The molecule has 0 saturated heterocycles. The van der Waals surface area contributed by atoms with Gasteiger partial charge in [-0.05, 0) is 49.9 Å². The molecule has 0 aliphatic rings. The van der Waals surface area contributed by atoms with Crippen LogP contribution >= 0.6 is 0 Å². The second kappa shape index (κ2) is 6.78. The maximum atomic E-state index is 7.65. The van der Waals surface area contributed by atoms with Crippen molar-refractivity contribution >= 4 is 5.84 Å². The Bertz CT molecular complexity index is 627. The molecule has 2 heterocycles. The van der Waals surface area contributed by atoms with Crippen molar-refractivity contribution < 1.29 is 4.74 Å². The largest absolute Gasteiger partial charge is 0.476 e. The van der Waals surface area contributed by atoms with Gasteiger partial charge in [0.05, 0.1) is 17.9 Å². The van der Waals surface area contributed by atoms with Crippen LogP contribution in [0.15, 0.2) is 24.5 Å². The second-order valence-corrected chi connectivity index (χ2v) is 4.81. The first-order valence-corrected chi connectivity index (χ1v) is 6.79. The van der Waals surface area contributed by atoms with Crippen molar-refractivity contribution in [3.63, 3.8) is 0 Å². The van der Waals surface area contributed by atoms with E-state index in [2.05, 4.69) is 15.2 Å². The molecule has 2 aromatic rings. The molecule has 6 heteroatoms. The molecule has 0 spiro atoms. The van der Waals surface area contributed by atoms with Crippen molar-refractivity contribution in [1.29, 1.82) is 5.41 Å². The zero-order valence-electron chi connectivity index (χ0n) is 12.3. The Hall–Kier alpha value is -2.50. The van der Waals surface area contributed by atoms with Crippen LogP contribution in [0.5, 0.6) is 5.88 Å². The number of amidine groups is 1. The van der Waals surface area contributed by atoms with Gasteiger partial charge in [0.15, 0.2) is 0 Å². The normalized spacial score (nSPS) is 10.4. The van der Waals surface area contributed by atoms with E-state index in [9.17, 15) is 0 Å². The topological polar surface area (TPSA) is 97.8 Å². The van der Waals surface area contributed by atoms with Gasteiger partial charge < -0.3 is 10.5 Å². The Kier molecular flexibility index (Phi) is 4.81. The summed E-state index contributed by atoms with van der Waals surface area (Å²) in [6.07, 6.45) is 5.30. The number of aryl methyl sites for hydroxylation is 2. The van der Waals surface area contributed by atoms with Crippen LogP contribution in [0.1, 0.15) is 28.8 Å². The number of nitrogens with zero attached hydrogens (tertiary/aromatic N) is 3. The summed E-state index contributed by atoms with van der Waals surface area (Å²) in [4.78, 5) is 3.98. The minimum Gasteiger partial charge on any atom is -0.476 e. The van der Waals surface area contributed by atoms with Crippen LogP contribution in [-0.2, 0) is 6.42 Å². The molecule has 0 amide bonds. The molecule has 0 bridgehead atoms. The quantitative estimate of drug-likeness (QED) is 0.479. The fourth-order valence-corrected chi connectivity index (χ4v) is 2.00. The molecule has 2 aromatic heterocycles. The molecule has 0 fully saturated rings. The lowest BCUT2D eigenvalue weighted by Crippen LogP contribution is -2.18. The number of nitrogen functional groups attached to an aromatic ring is 1. The number of aromatic nitrogens is 3.